The lowest BCUT2D eigenvalue weighted by Gasteiger charge is -2.06. The van der Waals surface area contributed by atoms with Crippen LogP contribution in [0.3, 0.4) is 0 Å². The first-order valence-corrected chi connectivity index (χ1v) is 13.9. The number of benzene rings is 1. The highest BCUT2D eigenvalue weighted by Gasteiger charge is 2.11. The van der Waals surface area contributed by atoms with E-state index in [2.05, 4.69) is 30.7 Å². The van der Waals surface area contributed by atoms with Gasteiger partial charge in [0.2, 0.25) is 0 Å². The van der Waals surface area contributed by atoms with Gasteiger partial charge in [0, 0.05) is 21.7 Å². The van der Waals surface area contributed by atoms with E-state index in [-0.39, 0.29) is 13.2 Å². The van der Waals surface area contributed by atoms with Gasteiger partial charge >= 0.3 is 0 Å². The number of rotatable bonds is 25. The molecule has 0 radical (unpaired) electrons. The lowest BCUT2D eigenvalue weighted by molar-refractivity contribution is 0.00628. The first-order valence-electron chi connectivity index (χ1n) is 13.9. The van der Waals surface area contributed by atoms with Crippen LogP contribution in [0.25, 0.3) is 33.0 Å². The molecule has 2 heterocycles. The van der Waals surface area contributed by atoms with E-state index < -0.39 is 0 Å². The summed E-state index contributed by atoms with van der Waals surface area (Å²) in [6.45, 7) is 5.95. The van der Waals surface area contributed by atoms with Crippen LogP contribution < -0.4 is 0 Å². The Bertz CT molecular complexity index is 1140. The van der Waals surface area contributed by atoms with Gasteiger partial charge in [-0.25, -0.2) is 9.36 Å². The molecule has 3 rings (SSSR count). The highest BCUT2D eigenvalue weighted by molar-refractivity contribution is 5.73. The molecule has 0 aliphatic rings. The van der Waals surface area contributed by atoms with Crippen molar-refractivity contribution in [3.05, 3.63) is 41.0 Å². The van der Waals surface area contributed by atoms with Crippen molar-refractivity contribution in [1.82, 2.24) is 30.0 Å². The molecule has 0 bridgehead atoms. The molecule has 0 fully saturated rings. The van der Waals surface area contributed by atoms with Gasteiger partial charge in [-0.15, -0.1) is 10.2 Å². The van der Waals surface area contributed by atoms with Crippen molar-refractivity contribution < 1.29 is 38.6 Å². The van der Waals surface area contributed by atoms with E-state index >= 15 is 0 Å². The minimum atomic E-state index is -0.00322. The number of aliphatic hydroxyl groups is 2. The van der Waals surface area contributed by atoms with E-state index in [9.17, 15) is 0 Å². The highest BCUT2D eigenvalue weighted by atomic mass is 16.6. The molecule has 236 valence electrons. The van der Waals surface area contributed by atoms with E-state index in [1.165, 1.54) is 0 Å². The summed E-state index contributed by atoms with van der Waals surface area (Å²) in [5.41, 5.74) is 12.1. The molecule has 0 spiro atoms. The lowest BCUT2D eigenvalue weighted by Crippen LogP contribution is -2.13. The topological polar surface area (TPSA) is 206 Å². The zero-order chi connectivity index (χ0) is 30.4. The zero-order valence-electron chi connectivity index (χ0n) is 24.1. The van der Waals surface area contributed by atoms with Crippen LogP contribution in [-0.4, -0.2) is 133 Å². The molecule has 0 atom stereocenters. The molecular formula is C26H39N9O8. The number of aliphatic hydroxyl groups excluding tert-OH is 2. The molecule has 0 saturated heterocycles. The van der Waals surface area contributed by atoms with Crippen LogP contribution >= 0.6 is 0 Å². The molecule has 0 aliphatic heterocycles. The molecule has 0 amide bonds. The predicted molar refractivity (Wildman–Crippen MR) is 152 cm³/mol. The fourth-order valence-electron chi connectivity index (χ4n) is 3.63. The molecule has 1 aromatic carbocycles. The summed E-state index contributed by atoms with van der Waals surface area (Å²) in [5.74, 6) is 0. The maximum Gasteiger partial charge on any atom is 0.113 e. The third-order valence-electron chi connectivity index (χ3n) is 5.64. The Hall–Kier alpha value is -3.51. The van der Waals surface area contributed by atoms with Gasteiger partial charge in [0.1, 0.15) is 11.4 Å². The highest BCUT2D eigenvalue weighted by Crippen LogP contribution is 2.30. The zero-order valence-corrected chi connectivity index (χ0v) is 24.1. The fraction of sp³-hybridized carbons (Fsp3) is 0.615. The first-order chi connectivity index (χ1) is 21.2. The standard InChI is InChI=1S/C26H39N9O8/c27-31-28-24-18-22(25-20-34(32-29-25)1-5-38-9-13-42-15-11-40-7-3-36)17-23(19-24)26-21-35(33-30-26)2-6-39-10-14-43-16-12-41-8-4-37/h17-21,36-37H,1-16H2. The minimum Gasteiger partial charge on any atom is -0.394 e. The largest absolute Gasteiger partial charge is 0.394 e. The summed E-state index contributed by atoms with van der Waals surface area (Å²) in [7, 11) is 0. The molecule has 0 aliphatic carbocycles. The average Bonchev–Trinajstić information content (AvgIpc) is 3.69. The van der Waals surface area contributed by atoms with Crippen molar-refractivity contribution in [2.45, 2.75) is 13.1 Å². The van der Waals surface area contributed by atoms with Crippen molar-refractivity contribution in [3.8, 4) is 22.5 Å². The maximum absolute atomic E-state index is 9.01. The SMILES string of the molecule is [N-]=[N+]=Nc1cc(-c2cn(CCOCCOCCOCCO)nn2)cc(-c2cn(CCOCCOCCOCCO)nn2)c1. The van der Waals surface area contributed by atoms with Crippen LogP contribution in [0.1, 0.15) is 0 Å². The molecule has 43 heavy (non-hydrogen) atoms. The van der Waals surface area contributed by atoms with Crippen molar-refractivity contribution >= 4 is 5.69 Å². The number of nitrogens with zero attached hydrogens (tertiary/aromatic N) is 9. The Kier molecular flexibility index (Phi) is 16.8. The summed E-state index contributed by atoms with van der Waals surface area (Å²) in [4.78, 5) is 2.92. The van der Waals surface area contributed by atoms with Crippen molar-refractivity contribution in [2.75, 3.05) is 92.5 Å². The number of azide groups is 1. The van der Waals surface area contributed by atoms with Crippen LogP contribution in [0, 0.1) is 0 Å². The van der Waals surface area contributed by atoms with Gasteiger partial charge < -0.3 is 38.6 Å². The van der Waals surface area contributed by atoms with Gasteiger partial charge in [-0.2, -0.15) is 0 Å². The van der Waals surface area contributed by atoms with E-state index in [1.54, 1.807) is 33.9 Å². The van der Waals surface area contributed by atoms with Crippen LogP contribution in [0.2, 0.25) is 0 Å². The van der Waals surface area contributed by atoms with Crippen molar-refractivity contribution in [3.63, 3.8) is 0 Å². The smallest absolute Gasteiger partial charge is 0.113 e. The summed E-state index contributed by atoms with van der Waals surface area (Å²) < 4.78 is 35.5. The molecule has 2 aromatic heterocycles. The Morgan fingerprint density at radius 3 is 1.40 bits per heavy atom. The predicted octanol–water partition coefficient (Wildman–Crippen LogP) is 1.23. The average molecular weight is 606 g/mol. The second kappa shape index (κ2) is 21.2. The van der Waals surface area contributed by atoms with Gasteiger partial charge in [0.05, 0.1) is 118 Å². The summed E-state index contributed by atoms with van der Waals surface area (Å²) in [5, 5.41) is 38.0. The fourth-order valence-corrected chi connectivity index (χ4v) is 3.63. The molecule has 2 N–H and O–H groups in total. The van der Waals surface area contributed by atoms with Crippen LogP contribution in [-0.2, 0) is 41.5 Å². The van der Waals surface area contributed by atoms with Crippen molar-refractivity contribution in [2.24, 2.45) is 5.11 Å². The van der Waals surface area contributed by atoms with E-state index in [0.717, 1.165) is 0 Å². The lowest BCUT2D eigenvalue weighted by atomic mass is 10.1. The number of aromatic nitrogens is 6. The number of hydrogen-bond acceptors (Lipinski definition) is 13. The third kappa shape index (κ3) is 13.6. The molecule has 3 aromatic rings. The molecule has 0 saturated carbocycles. The molecule has 17 nitrogen and oxygen atoms in total. The number of hydrogen-bond donors (Lipinski definition) is 2. The Balaban J connectivity index is 1.45. The minimum absolute atomic E-state index is 0.00322. The van der Waals surface area contributed by atoms with Gasteiger partial charge in [0.15, 0.2) is 0 Å². The second-order valence-corrected chi connectivity index (χ2v) is 8.81. The van der Waals surface area contributed by atoms with Crippen molar-refractivity contribution in [1.29, 1.82) is 0 Å². The van der Waals surface area contributed by atoms with Gasteiger partial charge in [-0.05, 0) is 23.7 Å². The maximum atomic E-state index is 9.01. The summed E-state index contributed by atoms with van der Waals surface area (Å²) >= 11 is 0. The van der Waals surface area contributed by atoms with Crippen LogP contribution in [0.5, 0.6) is 0 Å². The van der Waals surface area contributed by atoms with Crippen LogP contribution in [0.4, 0.5) is 5.69 Å². The number of ether oxygens (including phenoxy) is 6. The quantitative estimate of drug-likeness (QED) is 0.0605. The summed E-state index contributed by atoms with van der Waals surface area (Å²) in [6, 6.07) is 5.35. The monoisotopic (exact) mass is 605 g/mol. The Morgan fingerprint density at radius 2 is 1.00 bits per heavy atom. The van der Waals surface area contributed by atoms with Gasteiger partial charge in [0.25, 0.3) is 0 Å². The Labute approximate surface area is 248 Å². The molecular weight excluding hydrogens is 566 g/mol. The second-order valence-electron chi connectivity index (χ2n) is 8.81. The normalized spacial score (nSPS) is 11.2. The summed E-state index contributed by atoms with van der Waals surface area (Å²) in [6.07, 6.45) is 3.58. The van der Waals surface area contributed by atoms with Gasteiger partial charge in [-0.3, -0.25) is 0 Å². The van der Waals surface area contributed by atoms with Gasteiger partial charge in [-0.1, -0.05) is 15.5 Å². The Morgan fingerprint density at radius 1 is 0.605 bits per heavy atom. The van der Waals surface area contributed by atoms with E-state index in [4.69, 9.17) is 44.2 Å². The first kappa shape index (κ1) is 34.0. The molecule has 0 unspecified atom stereocenters. The third-order valence-corrected chi connectivity index (χ3v) is 5.64. The molecule has 17 heteroatoms. The van der Waals surface area contributed by atoms with E-state index in [1.807, 2.05) is 6.07 Å². The van der Waals surface area contributed by atoms with E-state index in [0.29, 0.717) is 121 Å². The van der Waals surface area contributed by atoms with Crippen LogP contribution in [0.15, 0.2) is 35.7 Å².